The molecule has 0 saturated heterocycles. The normalized spacial score (nSPS) is 14.5. The third kappa shape index (κ3) is 2.97. The second-order valence-electron chi connectivity index (χ2n) is 5.24. The van der Waals surface area contributed by atoms with Crippen molar-refractivity contribution >= 4 is 11.9 Å². The minimum atomic E-state index is -0.982. The van der Waals surface area contributed by atoms with E-state index in [0.29, 0.717) is 29.5 Å². The third-order valence-corrected chi connectivity index (χ3v) is 3.56. The first-order valence-corrected chi connectivity index (χ1v) is 6.47. The summed E-state index contributed by atoms with van der Waals surface area (Å²) in [5.41, 5.74) is 1.31. The Morgan fingerprint density at radius 3 is 2.32 bits per heavy atom. The van der Waals surface area contributed by atoms with E-state index < -0.39 is 5.97 Å². The fourth-order valence-electron chi connectivity index (χ4n) is 2.26. The number of nitrogens with zero attached hydrogens (tertiary/aromatic N) is 1. The van der Waals surface area contributed by atoms with Crippen LogP contribution in [0.25, 0.3) is 0 Å². The van der Waals surface area contributed by atoms with Crippen molar-refractivity contribution in [1.82, 2.24) is 4.90 Å². The van der Waals surface area contributed by atoms with Crippen molar-refractivity contribution in [2.75, 3.05) is 13.1 Å². The number of carbonyl (C=O) groups is 2. The molecule has 1 heterocycles. The molecule has 0 aliphatic heterocycles. The molecule has 2 rings (SSSR count). The molecule has 1 fully saturated rings. The molecule has 1 aliphatic rings. The average Bonchev–Trinajstić information content (AvgIpc) is 3.06. The Kier molecular flexibility index (Phi) is 3.64. The van der Waals surface area contributed by atoms with Gasteiger partial charge in [0.1, 0.15) is 18.1 Å². The van der Waals surface area contributed by atoms with Gasteiger partial charge >= 0.3 is 5.97 Å². The van der Waals surface area contributed by atoms with Crippen LogP contribution in [0.5, 0.6) is 0 Å². The molecule has 0 spiro atoms. The van der Waals surface area contributed by atoms with Crippen molar-refractivity contribution in [3.05, 3.63) is 22.6 Å². The highest BCUT2D eigenvalue weighted by Crippen LogP contribution is 2.31. The van der Waals surface area contributed by atoms with Crippen LogP contribution in [0.2, 0.25) is 0 Å². The molecule has 1 amide bonds. The molecule has 1 N–H and O–H groups in total. The first kappa shape index (κ1) is 13.6. The highest BCUT2D eigenvalue weighted by molar-refractivity contribution is 5.98. The number of aryl methyl sites for hydroxylation is 2. The van der Waals surface area contributed by atoms with Gasteiger partial charge in [-0.15, -0.1) is 0 Å². The molecule has 5 heteroatoms. The van der Waals surface area contributed by atoms with Gasteiger partial charge in [-0.25, -0.2) is 0 Å². The van der Waals surface area contributed by atoms with Crippen LogP contribution in [0.15, 0.2) is 4.42 Å². The van der Waals surface area contributed by atoms with Gasteiger partial charge in [0.25, 0.3) is 5.91 Å². The summed E-state index contributed by atoms with van der Waals surface area (Å²) in [5, 5.41) is 8.94. The molecule has 1 saturated carbocycles. The number of carboxylic acid groups (broad SMARTS) is 1. The predicted octanol–water partition coefficient (Wildman–Crippen LogP) is 2.14. The molecule has 1 aliphatic carbocycles. The van der Waals surface area contributed by atoms with Crippen LogP contribution in [0.1, 0.15) is 40.3 Å². The first-order chi connectivity index (χ1) is 8.90. The fourth-order valence-corrected chi connectivity index (χ4v) is 2.26. The molecule has 0 aromatic carbocycles. The standard InChI is InChI=1S/C14H19NO4/c1-8-9(2)19-10(3)13(8)14(18)15(7-12(16)17)6-11-4-5-11/h11H,4-7H2,1-3H3,(H,16,17). The van der Waals surface area contributed by atoms with Crippen LogP contribution in [-0.4, -0.2) is 35.0 Å². The summed E-state index contributed by atoms with van der Waals surface area (Å²) in [4.78, 5) is 24.8. The number of carbonyl (C=O) groups excluding carboxylic acids is 1. The maximum atomic E-state index is 12.5. The highest BCUT2D eigenvalue weighted by atomic mass is 16.4. The van der Waals surface area contributed by atoms with Crippen molar-refractivity contribution in [2.45, 2.75) is 33.6 Å². The highest BCUT2D eigenvalue weighted by Gasteiger charge is 2.30. The summed E-state index contributed by atoms with van der Waals surface area (Å²) in [6.45, 7) is 5.65. The summed E-state index contributed by atoms with van der Waals surface area (Å²) < 4.78 is 5.45. The molecular formula is C14H19NO4. The van der Waals surface area contributed by atoms with Gasteiger partial charge in [-0.2, -0.15) is 0 Å². The largest absolute Gasteiger partial charge is 0.480 e. The number of aliphatic carboxylic acids is 1. The lowest BCUT2D eigenvalue weighted by molar-refractivity contribution is -0.137. The van der Waals surface area contributed by atoms with Gasteiger partial charge in [-0.3, -0.25) is 9.59 Å². The van der Waals surface area contributed by atoms with E-state index in [4.69, 9.17) is 9.52 Å². The third-order valence-electron chi connectivity index (χ3n) is 3.56. The second kappa shape index (κ2) is 5.07. The minimum absolute atomic E-state index is 0.235. The van der Waals surface area contributed by atoms with Crippen LogP contribution in [0.3, 0.4) is 0 Å². The Morgan fingerprint density at radius 1 is 1.26 bits per heavy atom. The van der Waals surface area contributed by atoms with Crippen LogP contribution >= 0.6 is 0 Å². The smallest absolute Gasteiger partial charge is 0.323 e. The molecule has 1 aromatic heterocycles. The lowest BCUT2D eigenvalue weighted by atomic mass is 10.1. The number of furan rings is 1. The van der Waals surface area contributed by atoms with Crippen molar-refractivity contribution in [3.8, 4) is 0 Å². The molecule has 104 valence electrons. The number of hydrogen-bond donors (Lipinski definition) is 1. The molecule has 5 nitrogen and oxygen atoms in total. The molecule has 19 heavy (non-hydrogen) atoms. The summed E-state index contributed by atoms with van der Waals surface area (Å²) >= 11 is 0. The molecular weight excluding hydrogens is 246 g/mol. The van der Waals surface area contributed by atoms with E-state index in [1.165, 1.54) is 4.90 Å². The van der Waals surface area contributed by atoms with Crippen molar-refractivity contribution in [3.63, 3.8) is 0 Å². The van der Waals surface area contributed by atoms with E-state index in [-0.39, 0.29) is 12.5 Å². The number of carboxylic acids is 1. The van der Waals surface area contributed by atoms with Gasteiger partial charge in [0.15, 0.2) is 0 Å². The Labute approximate surface area is 112 Å². The second-order valence-corrected chi connectivity index (χ2v) is 5.24. The van der Waals surface area contributed by atoms with Crippen molar-refractivity contribution < 1.29 is 19.1 Å². The molecule has 0 radical (unpaired) electrons. The van der Waals surface area contributed by atoms with Gasteiger partial charge in [0.05, 0.1) is 5.56 Å². The van der Waals surface area contributed by atoms with Crippen LogP contribution in [0, 0.1) is 26.7 Å². The topological polar surface area (TPSA) is 70.8 Å². The maximum absolute atomic E-state index is 12.5. The lowest BCUT2D eigenvalue weighted by Gasteiger charge is -2.20. The summed E-state index contributed by atoms with van der Waals surface area (Å²) in [5.74, 6) is 0.510. The van der Waals surface area contributed by atoms with E-state index in [1.807, 2.05) is 13.8 Å². The minimum Gasteiger partial charge on any atom is -0.480 e. The van der Waals surface area contributed by atoms with Crippen LogP contribution in [0.4, 0.5) is 0 Å². The Balaban J connectivity index is 2.24. The Hall–Kier alpha value is -1.78. The van der Waals surface area contributed by atoms with E-state index in [2.05, 4.69) is 0 Å². The van der Waals surface area contributed by atoms with E-state index in [9.17, 15) is 9.59 Å². The summed E-state index contributed by atoms with van der Waals surface area (Å²) in [6, 6.07) is 0. The average molecular weight is 265 g/mol. The van der Waals surface area contributed by atoms with Crippen LogP contribution in [-0.2, 0) is 4.79 Å². The zero-order chi connectivity index (χ0) is 14.2. The van der Waals surface area contributed by atoms with Gasteiger partial charge in [-0.05, 0) is 39.5 Å². The summed E-state index contributed by atoms with van der Waals surface area (Å²) in [6.07, 6.45) is 2.15. The van der Waals surface area contributed by atoms with Gasteiger partial charge in [0, 0.05) is 12.1 Å². The molecule has 0 unspecified atom stereocenters. The van der Waals surface area contributed by atoms with Gasteiger partial charge in [-0.1, -0.05) is 0 Å². The van der Waals surface area contributed by atoms with Crippen LogP contribution < -0.4 is 0 Å². The number of hydrogen-bond acceptors (Lipinski definition) is 3. The zero-order valence-electron chi connectivity index (χ0n) is 11.5. The summed E-state index contributed by atoms with van der Waals surface area (Å²) in [7, 11) is 0. The van der Waals surface area contributed by atoms with Crippen molar-refractivity contribution in [1.29, 1.82) is 0 Å². The van der Waals surface area contributed by atoms with Crippen molar-refractivity contribution in [2.24, 2.45) is 5.92 Å². The first-order valence-electron chi connectivity index (χ1n) is 6.47. The monoisotopic (exact) mass is 265 g/mol. The van der Waals surface area contributed by atoms with Gasteiger partial charge < -0.3 is 14.4 Å². The maximum Gasteiger partial charge on any atom is 0.323 e. The fraction of sp³-hybridized carbons (Fsp3) is 0.571. The van der Waals surface area contributed by atoms with E-state index >= 15 is 0 Å². The lowest BCUT2D eigenvalue weighted by Crippen LogP contribution is -2.37. The Bertz CT molecular complexity index is 514. The van der Waals surface area contributed by atoms with E-state index in [0.717, 1.165) is 18.4 Å². The number of rotatable bonds is 5. The SMILES string of the molecule is Cc1oc(C)c(C(=O)N(CC(=O)O)CC2CC2)c1C. The predicted molar refractivity (Wildman–Crippen MR) is 69.2 cm³/mol. The van der Waals surface area contributed by atoms with E-state index in [1.54, 1.807) is 6.92 Å². The van der Waals surface area contributed by atoms with Gasteiger partial charge in [0.2, 0.25) is 0 Å². The quantitative estimate of drug-likeness (QED) is 0.885. The molecule has 0 bridgehead atoms. The molecule has 0 atom stereocenters. The molecule has 1 aromatic rings. The Morgan fingerprint density at radius 2 is 1.89 bits per heavy atom. The number of amides is 1. The zero-order valence-corrected chi connectivity index (χ0v) is 11.5.